The molecule has 53 heavy (non-hydrogen) atoms. The van der Waals surface area contributed by atoms with Crippen LogP contribution in [0.1, 0.15) is 29.7 Å². The summed E-state index contributed by atoms with van der Waals surface area (Å²) in [7, 11) is -4.23. The van der Waals surface area contributed by atoms with Gasteiger partial charge in [0.15, 0.2) is 0 Å². The Morgan fingerprint density at radius 1 is 0.868 bits per heavy atom. The van der Waals surface area contributed by atoms with E-state index in [0.717, 1.165) is 16.8 Å². The summed E-state index contributed by atoms with van der Waals surface area (Å²) in [4.78, 5) is 38.1. The summed E-state index contributed by atoms with van der Waals surface area (Å²) in [6, 6.07) is 27.8. The highest BCUT2D eigenvalue weighted by atomic mass is 32.2. The third-order valence-corrected chi connectivity index (χ3v) is 9.29. The number of nitrogens with one attached hydrogen (secondary N) is 3. The summed E-state index contributed by atoms with van der Waals surface area (Å²) < 4.78 is 53.9. The average Bonchev–Trinajstić information content (AvgIpc) is 3.14. The molecule has 15 heteroatoms. The lowest BCUT2D eigenvalue weighted by molar-refractivity contribution is 0.146. The molecule has 5 aromatic rings. The number of hydrogen-bond donors (Lipinski definition) is 3. The number of urea groups is 1. The number of halogens is 1. The van der Waals surface area contributed by atoms with Gasteiger partial charge >= 0.3 is 22.3 Å². The fourth-order valence-electron chi connectivity index (χ4n) is 5.76. The number of aromatic nitrogens is 2. The number of pyridine rings is 2. The van der Waals surface area contributed by atoms with E-state index in [0.29, 0.717) is 55.5 Å². The van der Waals surface area contributed by atoms with Crippen molar-refractivity contribution in [3.05, 3.63) is 138 Å². The quantitative estimate of drug-likeness (QED) is 0.123. The third-order valence-electron chi connectivity index (χ3n) is 8.35. The van der Waals surface area contributed by atoms with E-state index >= 15 is 0 Å². The van der Waals surface area contributed by atoms with Gasteiger partial charge < -0.3 is 14.8 Å². The minimum atomic E-state index is -4.23. The standard InChI is InChI=1S/C38H38FN7O6S/c1-27-10-12-32(24-40-27)42-37(47)46(34-9-5-8-30(39)22-34)33-18-20-45(21-19-33)25-29-11-17-36(41-23-29)52-35-15-13-31(14-16-35)43-53(49,50)44-38(48)51-26-28-6-3-2-4-7-28/h2-17,22-24,33,43H,18-21,25-26H2,1H3,(H,42,47)(H,44,48). The monoisotopic (exact) mass is 739 g/mol. The van der Waals surface area contributed by atoms with Crippen molar-refractivity contribution in [2.24, 2.45) is 0 Å². The van der Waals surface area contributed by atoms with Crippen LogP contribution in [0, 0.1) is 12.7 Å². The first-order valence-electron chi connectivity index (χ1n) is 16.8. The minimum absolute atomic E-state index is 0.0738. The van der Waals surface area contributed by atoms with Crippen molar-refractivity contribution < 1.29 is 31.9 Å². The number of nitrogens with zero attached hydrogens (tertiary/aromatic N) is 4. The maximum atomic E-state index is 14.2. The van der Waals surface area contributed by atoms with Crippen molar-refractivity contribution in [2.45, 2.75) is 39.0 Å². The number of carbonyl (C=O) groups is 2. The summed E-state index contributed by atoms with van der Waals surface area (Å²) in [6.45, 7) is 3.87. The van der Waals surface area contributed by atoms with E-state index in [1.54, 1.807) is 78.0 Å². The Kier molecular flexibility index (Phi) is 11.8. The molecule has 274 valence electrons. The lowest BCUT2D eigenvalue weighted by Gasteiger charge is -2.38. The van der Waals surface area contributed by atoms with E-state index in [1.165, 1.54) is 24.3 Å². The zero-order chi connectivity index (χ0) is 37.2. The summed E-state index contributed by atoms with van der Waals surface area (Å²) in [5.41, 5.74) is 3.79. The fraction of sp³-hybridized carbons (Fsp3) is 0.211. The van der Waals surface area contributed by atoms with Crippen LogP contribution in [-0.4, -0.2) is 54.5 Å². The van der Waals surface area contributed by atoms with Gasteiger partial charge in [0.25, 0.3) is 0 Å². The normalized spacial score (nSPS) is 13.5. The van der Waals surface area contributed by atoms with Crippen LogP contribution in [-0.2, 0) is 28.1 Å². The van der Waals surface area contributed by atoms with E-state index in [4.69, 9.17) is 9.47 Å². The van der Waals surface area contributed by atoms with Crippen LogP contribution >= 0.6 is 0 Å². The molecule has 13 nitrogen and oxygen atoms in total. The topological polar surface area (TPSA) is 155 Å². The number of benzene rings is 3. The molecule has 0 atom stereocenters. The molecule has 0 radical (unpaired) electrons. The first kappa shape index (κ1) is 36.7. The number of rotatable bonds is 12. The van der Waals surface area contributed by atoms with Crippen molar-refractivity contribution in [3.63, 3.8) is 0 Å². The molecular formula is C38H38FN7O6S. The number of ether oxygens (including phenoxy) is 2. The zero-order valence-electron chi connectivity index (χ0n) is 28.8. The maximum absolute atomic E-state index is 14.2. The molecule has 1 fully saturated rings. The van der Waals surface area contributed by atoms with Crippen LogP contribution < -0.4 is 24.4 Å². The third kappa shape index (κ3) is 10.7. The summed E-state index contributed by atoms with van der Waals surface area (Å²) >= 11 is 0. The second-order valence-corrected chi connectivity index (χ2v) is 13.8. The second kappa shape index (κ2) is 17.0. The number of amides is 3. The van der Waals surface area contributed by atoms with Gasteiger partial charge in [-0.25, -0.2) is 23.7 Å². The second-order valence-electron chi connectivity index (χ2n) is 12.4. The molecular weight excluding hydrogens is 702 g/mol. The van der Waals surface area contributed by atoms with E-state index in [9.17, 15) is 22.4 Å². The highest BCUT2D eigenvalue weighted by Gasteiger charge is 2.30. The molecule has 1 aliphatic rings. The maximum Gasteiger partial charge on any atom is 0.422 e. The predicted octanol–water partition coefficient (Wildman–Crippen LogP) is 7.00. The number of likely N-dealkylation sites (tertiary alicyclic amines) is 1. The predicted molar refractivity (Wildman–Crippen MR) is 198 cm³/mol. The van der Waals surface area contributed by atoms with Gasteiger partial charge in [0.2, 0.25) is 5.88 Å². The Balaban J connectivity index is 0.978. The van der Waals surface area contributed by atoms with E-state index in [-0.39, 0.29) is 24.4 Å². The molecule has 3 aromatic carbocycles. The molecule has 3 amide bonds. The first-order valence-corrected chi connectivity index (χ1v) is 18.3. The lowest BCUT2D eigenvalue weighted by Crippen LogP contribution is -2.49. The van der Waals surface area contributed by atoms with Crippen molar-refractivity contribution in [1.82, 2.24) is 19.6 Å². The van der Waals surface area contributed by atoms with E-state index in [1.807, 2.05) is 29.8 Å². The fourth-order valence-corrected chi connectivity index (χ4v) is 6.53. The zero-order valence-corrected chi connectivity index (χ0v) is 29.6. The van der Waals surface area contributed by atoms with E-state index < -0.39 is 22.1 Å². The highest BCUT2D eigenvalue weighted by Crippen LogP contribution is 2.27. The largest absolute Gasteiger partial charge is 0.444 e. The number of carbonyl (C=O) groups excluding carboxylic acids is 2. The Bertz CT molecular complexity index is 2100. The Hall–Kier alpha value is -6.06. The van der Waals surface area contributed by atoms with Crippen LogP contribution in [0.5, 0.6) is 11.6 Å². The molecule has 0 spiro atoms. The Labute approximate surface area is 307 Å². The molecule has 0 saturated carbocycles. The number of aryl methyl sites for hydroxylation is 1. The minimum Gasteiger partial charge on any atom is -0.444 e. The molecule has 3 heterocycles. The number of piperidine rings is 1. The van der Waals surface area contributed by atoms with Crippen LogP contribution in [0.25, 0.3) is 0 Å². The summed E-state index contributed by atoms with van der Waals surface area (Å²) in [5, 5.41) is 2.91. The molecule has 2 aromatic heterocycles. The summed E-state index contributed by atoms with van der Waals surface area (Å²) in [5.74, 6) is 0.364. The van der Waals surface area contributed by atoms with Crippen LogP contribution in [0.4, 0.5) is 31.0 Å². The first-order chi connectivity index (χ1) is 25.6. The van der Waals surface area contributed by atoms with Gasteiger partial charge in [0, 0.05) is 49.3 Å². The molecule has 6 rings (SSSR count). The lowest BCUT2D eigenvalue weighted by atomic mass is 10.0. The van der Waals surface area contributed by atoms with Crippen molar-refractivity contribution in [3.8, 4) is 11.6 Å². The van der Waals surface area contributed by atoms with Gasteiger partial charge in [0.1, 0.15) is 18.2 Å². The average molecular weight is 740 g/mol. The van der Waals surface area contributed by atoms with Gasteiger partial charge in [-0.2, -0.15) is 8.42 Å². The number of anilines is 3. The van der Waals surface area contributed by atoms with E-state index in [2.05, 4.69) is 24.9 Å². The molecule has 0 aliphatic carbocycles. The smallest absolute Gasteiger partial charge is 0.422 e. The molecule has 1 saturated heterocycles. The van der Waals surface area contributed by atoms with Crippen molar-refractivity contribution >= 4 is 39.4 Å². The Morgan fingerprint density at radius 2 is 1.62 bits per heavy atom. The van der Waals surface area contributed by atoms with Crippen LogP contribution in [0.3, 0.4) is 0 Å². The van der Waals surface area contributed by atoms with Gasteiger partial charge in [-0.05, 0) is 85.5 Å². The molecule has 3 N–H and O–H groups in total. The van der Waals surface area contributed by atoms with Gasteiger partial charge in [-0.15, -0.1) is 0 Å². The van der Waals surface area contributed by atoms with Gasteiger partial charge in [-0.1, -0.05) is 42.5 Å². The van der Waals surface area contributed by atoms with Crippen LogP contribution in [0.15, 0.2) is 116 Å². The SMILES string of the molecule is Cc1ccc(NC(=O)N(c2cccc(F)c2)C2CCN(Cc3ccc(Oc4ccc(NS(=O)(=O)NC(=O)OCc5ccccc5)cc4)nc3)CC2)cn1. The highest BCUT2D eigenvalue weighted by molar-refractivity contribution is 7.91. The number of hydrogen-bond acceptors (Lipinski definition) is 9. The van der Waals surface area contributed by atoms with Gasteiger partial charge in [0.05, 0.1) is 17.6 Å². The van der Waals surface area contributed by atoms with Crippen molar-refractivity contribution in [2.75, 3.05) is 28.0 Å². The summed E-state index contributed by atoms with van der Waals surface area (Å²) in [6.07, 6.45) is 3.60. The van der Waals surface area contributed by atoms with Crippen molar-refractivity contribution in [1.29, 1.82) is 0 Å². The van der Waals surface area contributed by atoms with Crippen LogP contribution in [0.2, 0.25) is 0 Å². The Morgan fingerprint density at radius 3 is 2.30 bits per heavy atom. The molecule has 0 bridgehead atoms. The molecule has 1 aliphatic heterocycles. The molecule has 0 unspecified atom stereocenters. The van der Waals surface area contributed by atoms with Gasteiger partial charge in [-0.3, -0.25) is 19.5 Å².